The highest BCUT2D eigenvalue weighted by atomic mass is 32.2. The van der Waals surface area contributed by atoms with Crippen molar-refractivity contribution in [2.45, 2.75) is 11.7 Å². The zero-order valence-electron chi connectivity index (χ0n) is 13.2. The Hall–Kier alpha value is -2.60. The van der Waals surface area contributed by atoms with E-state index in [1.54, 1.807) is 13.3 Å². The highest BCUT2D eigenvalue weighted by molar-refractivity contribution is 8.15. The maximum Gasteiger partial charge on any atom is 0.239 e. The van der Waals surface area contributed by atoms with Gasteiger partial charge < -0.3 is 10.1 Å². The van der Waals surface area contributed by atoms with Crippen LogP contribution in [0.2, 0.25) is 0 Å². The van der Waals surface area contributed by atoms with Gasteiger partial charge in [0, 0.05) is 0 Å². The van der Waals surface area contributed by atoms with Crippen molar-refractivity contribution >= 4 is 29.1 Å². The Balaban J connectivity index is 1.60. The van der Waals surface area contributed by atoms with E-state index >= 15 is 0 Å². The number of carbonyl (C=O) groups is 1. The molecule has 5 nitrogen and oxygen atoms in total. The predicted octanol–water partition coefficient (Wildman–Crippen LogP) is 2.86. The molecular weight excluding hydrogens is 322 g/mol. The second kappa shape index (κ2) is 7.79. The molecule has 0 aliphatic carbocycles. The Kier molecular flexibility index (Phi) is 5.28. The summed E-state index contributed by atoms with van der Waals surface area (Å²) in [6, 6.07) is 17.4. The number of thioether (sulfide) groups is 1. The second-order valence-electron chi connectivity index (χ2n) is 5.21. The minimum atomic E-state index is -0.165. The Morgan fingerprint density at radius 3 is 2.62 bits per heavy atom. The number of carbonyl (C=O) groups excluding carboxylic acids is 1. The van der Waals surface area contributed by atoms with Crippen LogP contribution >= 0.6 is 11.8 Å². The molecule has 2 aromatic rings. The Bertz CT molecular complexity index is 758. The highest BCUT2D eigenvalue weighted by Gasteiger charge is 2.30. The largest absolute Gasteiger partial charge is 0.497 e. The summed E-state index contributed by atoms with van der Waals surface area (Å²) in [7, 11) is 1.63. The summed E-state index contributed by atoms with van der Waals surface area (Å²) in [5.74, 6) is 0.767. The summed E-state index contributed by atoms with van der Waals surface area (Å²) >= 11 is 1.41. The molecule has 1 amide bonds. The van der Waals surface area contributed by atoms with E-state index in [9.17, 15) is 4.79 Å². The molecule has 3 rings (SSSR count). The fourth-order valence-electron chi connectivity index (χ4n) is 2.25. The number of nitrogens with zero attached hydrogens (tertiary/aromatic N) is 2. The number of methoxy groups -OCH3 is 1. The summed E-state index contributed by atoms with van der Waals surface area (Å²) in [4.78, 5) is 12.0. The number of benzene rings is 2. The number of ether oxygens (including phenoxy) is 1. The van der Waals surface area contributed by atoms with Gasteiger partial charge >= 0.3 is 0 Å². The lowest BCUT2D eigenvalue weighted by Gasteiger charge is -2.04. The molecule has 24 heavy (non-hydrogen) atoms. The fourth-order valence-corrected chi connectivity index (χ4v) is 3.22. The lowest BCUT2D eigenvalue weighted by Crippen LogP contribution is -2.25. The van der Waals surface area contributed by atoms with Gasteiger partial charge in [0.05, 0.1) is 18.6 Å². The van der Waals surface area contributed by atoms with Crippen LogP contribution in [0.1, 0.15) is 11.1 Å². The zero-order chi connectivity index (χ0) is 16.8. The molecule has 1 aliphatic heterocycles. The minimum Gasteiger partial charge on any atom is -0.497 e. The molecule has 0 radical (unpaired) electrons. The van der Waals surface area contributed by atoms with E-state index in [0.717, 1.165) is 16.9 Å². The third-order valence-electron chi connectivity index (χ3n) is 3.51. The van der Waals surface area contributed by atoms with Crippen molar-refractivity contribution in [2.24, 2.45) is 10.2 Å². The molecule has 1 saturated heterocycles. The molecule has 0 saturated carbocycles. The van der Waals surface area contributed by atoms with Crippen LogP contribution in [0.3, 0.4) is 0 Å². The molecule has 0 spiro atoms. The van der Waals surface area contributed by atoms with Crippen molar-refractivity contribution in [1.82, 2.24) is 5.32 Å². The first-order valence-electron chi connectivity index (χ1n) is 7.51. The average Bonchev–Trinajstić information content (AvgIpc) is 2.96. The summed E-state index contributed by atoms with van der Waals surface area (Å²) < 4.78 is 5.10. The first-order valence-corrected chi connectivity index (χ1v) is 8.39. The first kappa shape index (κ1) is 16.3. The molecule has 1 N–H and O–H groups in total. The second-order valence-corrected chi connectivity index (χ2v) is 6.40. The van der Waals surface area contributed by atoms with Gasteiger partial charge in [0.25, 0.3) is 0 Å². The summed E-state index contributed by atoms with van der Waals surface area (Å²) in [6.45, 7) is 0. The third-order valence-corrected chi connectivity index (χ3v) is 4.58. The number of hydrogen-bond donors (Lipinski definition) is 1. The van der Waals surface area contributed by atoms with Gasteiger partial charge in [-0.1, -0.05) is 42.1 Å². The van der Waals surface area contributed by atoms with Crippen molar-refractivity contribution in [3.63, 3.8) is 0 Å². The van der Waals surface area contributed by atoms with Crippen LogP contribution in [0.25, 0.3) is 0 Å². The van der Waals surface area contributed by atoms with E-state index < -0.39 is 0 Å². The highest BCUT2D eigenvalue weighted by Crippen LogP contribution is 2.23. The molecule has 1 heterocycles. The Labute approximate surface area is 144 Å². The van der Waals surface area contributed by atoms with Gasteiger partial charge in [0.15, 0.2) is 5.17 Å². The van der Waals surface area contributed by atoms with Crippen LogP contribution in [0, 0.1) is 0 Å². The number of rotatable bonds is 5. The van der Waals surface area contributed by atoms with E-state index in [-0.39, 0.29) is 11.2 Å². The van der Waals surface area contributed by atoms with E-state index in [0.29, 0.717) is 11.6 Å². The fraction of sp³-hybridized carbons (Fsp3) is 0.167. The summed E-state index contributed by atoms with van der Waals surface area (Å²) in [5.41, 5.74) is 2.04. The van der Waals surface area contributed by atoms with Crippen molar-refractivity contribution in [3.05, 3.63) is 65.7 Å². The molecule has 2 aromatic carbocycles. The SMILES string of the molecule is COc1ccc(/C=N\N=C2/NC(=O)[C@H](Cc3ccccc3)S2)cc1. The molecule has 1 fully saturated rings. The first-order chi connectivity index (χ1) is 11.7. The number of amidine groups is 1. The van der Waals surface area contributed by atoms with Gasteiger partial charge in [-0.05, 0) is 41.8 Å². The molecular formula is C18H17N3O2S. The van der Waals surface area contributed by atoms with Gasteiger partial charge in [-0.25, -0.2) is 0 Å². The monoisotopic (exact) mass is 339 g/mol. The van der Waals surface area contributed by atoms with Crippen LogP contribution < -0.4 is 10.1 Å². The Morgan fingerprint density at radius 2 is 1.92 bits per heavy atom. The molecule has 1 atom stereocenters. The minimum absolute atomic E-state index is 0.0257. The average molecular weight is 339 g/mol. The van der Waals surface area contributed by atoms with E-state index in [1.807, 2.05) is 54.6 Å². The third kappa shape index (κ3) is 4.23. The van der Waals surface area contributed by atoms with Crippen LogP contribution in [0.15, 0.2) is 64.8 Å². The topological polar surface area (TPSA) is 63.1 Å². The molecule has 122 valence electrons. The Morgan fingerprint density at radius 1 is 1.17 bits per heavy atom. The zero-order valence-corrected chi connectivity index (χ0v) is 14.0. The predicted molar refractivity (Wildman–Crippen MR) is 97.7 cm³/mol. The van der Waals surface area contributed by atoms with Gasteiger partial charge in [0.1, 0.15) is 5.75 Å². The standard InChI is InChI=1S/C18H17N3O2S/c1-23-15-9-7-14(8-10-15)12-19-21-18-20-17(22)16(24-18)11-13-5-3-2-4-6-13/h2-10,12,16H,11H2,1H3,(H,20,21,22)/b19-12-/t16-/m0/s1. The van der Waals surface area contributed by atoms with Gasteiger partial charge in [-0.3, -0.25) is 4.79 Å². The van der Waals surface area contributed by atoms with Crippen molar-refractivity contribution in [1.29, 1.82) is 0 Å². The normalized spacial score (nSPS) is 19.0. The molecule has 0 aromatic heterocycles. The van der Waals surface area contributed by atoms with Gasteiger partial charge in [-0.2, -0.15) is 5.10 Å². The lowest BCUT2D eigenvalue weighted by atomic mass is 10.1. The van der Waals surface area contributed by atoms with Crippen LogP contribution in [-0.4, -0.2) is 29.6 Å². The smallest absolute Gasteiger partial charge is 0.239 e. The maximum absolute atomic E-state index is 12.0. The maximum atomic E-state index is 12.0. The molecule has 0 bridgehead atoms. The summed E-state index contributed by atoms with van der Waals surface area (Å²) in [5, 5.41) is 11.3. The number of nitrogens with one attached hydrogen (secondary N) is 1. The molecule has 0 unspecified atom stereocenters. The molecule has 1 aliphatic rings. The van der Waals surface area contributed by atoms with Gasteiger partial charge in [0.2, 0.25) is 5.91 Å². The van der Waals surface area contributed by atoms with Crippen molar-refractivity contribution in [3.8, 4) is 5.75 Å². The van der Waals surface area contributed by atoms with E-state index in [4.69, 9.17) is 4.74 Å². The van der Waals surface area contributed by atoms with Crippen molar-refractivity contribution < 1.29 is 9.53 Å². The number of amides is 1. The van der Waals surface area contributed by atoms with Crippen LogP contribution in [0.5, 0.6) is 5.75 Å². The lowest BCUT2D eigenvalue weighted by molar-refractivity contribution is -0.118. The van der Waals surface area contributed by atoms with Crippen LogP contribution in [-0.2, 0) is 11.2 Å². The molecule has 6 heteroatoms. The van der Waals surface area contributed by atoms with Gasteiger partial charge in [-0.15, -0.1) is 5.10 Å². The van der Waals surface area contributed by atoms with E-state index in [2.05, 4.69) is 15.5 Å². The van der Waals surface area contributed by atoms with Crippen molar-refractivity contribution in [2.75, 3.05) is 7.11 Å². The quantitative estimate of drug-likeness (QED) is 0.673. The van der Waals surface area contributed by atoms with Crippen LogP contribution in [0.4, 0.5) is 0 Å². The number of hydrogen-bond acceptors (Lipinski definition) is 5. The summed E-state index contributed by atoms with van der Waals surface area (Å²) in [6.07, 6.45) is 2.32. The van der Waals surface area contributed by atoms with E-state index in [1.165, 1.54) is 11.8 Å².